The Labute approximate surface area is 135 Å². The van der Waals surface area contributed by atoms with Crippen LogP contribution in [0.5, 0.6) is 5.75 Å². The number of ether oxygens (including phenoxy) is 1. The van der Waals surface area contributed by atoms with Gasteiger partial charge in [-0.25, -0.2) is 4.98 Å². The van der Waals surface area contributed by atoms with Crippen LogP contribution in [0.1, 0.15) is 29.0 Å². The summed E-state index contributed by atoms with van der Waals surface area (Å²) in [6, 6.07) is 12.0. The number of hydrogen-bond donors (Lipinski definition) is 1. The molecule has 0 aliphatic carbocycles. The number of aryl methyl sites for hydroxylation is 2. The average molecular weight is 311 g/mol. The SMILES string of the molecule is COc1ccc(C(NCc2ccc(C)o2)c2nccn2C)cc1. The molecule has 0 bridgehead atoms. The zero-order valence-corrected chi connectivity index (χ0v) is 13.6. The molecule has 5 nitrogen and oxygen atoms in total. The molecule has 1 atom stereocenters. The monoisotopic (exact) mass is 311 g/mol. The molecule has 3 rings (SSSR count). The number of hydrogen-bond acceptors (Lipinski definition) is 4. The van der Waals surface area contributed by atoms with E-state index in [0.29, 0.717) is 6.54 Å². The Bertz CT molecular complexity index is 759. The van der Waals surface area contributed by atoms with Crippen LogP contribution in [0, 0.1) is 6.92 Å². The van der Waals surface area contributed by atoms with Gasteiger partial charge in [0.1, 0.15) is 23.1 Å². The molecule has 1 aromatic carbocycles. The van der Waals surface area contributed by atoms with Crippen molar-refractivity contribution in [3.63, 3.8) is 0 Å². The summed E-state index contributed by atoms with van der Waals surface area (Å²) in [6.45, 7) is 2.58. The van der Waals surface area contributed by atoms with Crippen molar-refractivity contribution in [2.24, 2.45) is 7.05 Å². The normalized spacial score (nSPS) is 12.3. The molecule has 0 saturated carbocycles. The third-order valence-corrected chi connectivity index (χ3v) is 3.84. The molecule has 0 spiro atoms. The van der Waals surface area contributed by atoms with Gasteiger partial charge in [0.25, 0.3) is 0 Å². The lowest BCUT2D eigenvalue weighted by Gasteiger charge is -2.19. The highest BCUT2D eigenvalue weighted by Crippen LogP contribution is 2.23. The van der Waals surface area contributed by atoms with Crippen LogP contribution in [-0.4, -0.2) is 16.7 Å². The Balaban J connectivity index is 1.85. The summed E-state index contributed by atoms with van der Waals surface area (Å²) < 4.78 is 12.9. The van der Waals surface area contributed by atoms with Crippen molar-refractivity contribution >= 4 is 0 Å². The molecule has 3 aromatic rings. The van der Waals surface area contributed by atoms with Crippen molar-refractivity contribution in [3.05, 3.63) is 71.7 Å². The second kappa shape index (κ2) is 6.71. The standard InChI is InChI=1S/C18H21N3O2/c1-13-4-7-16(23-13)12-20-17(18-19-10-11-21(18)2)14-5-8-15(22-3)9-6-14/h4-11,17,20H,12H2,1-3H3. The predicted molar refractivity (Wildman–Crippen MR) is 88.3 cm³/mol. The number of benzene rings is 1. The molecule has 23 heavy (non-hydrogen) atoms. The zero-order chi connectivity index (χ0) is 16.2. The Morgan fingerprint density at radius 3 is 2.57 bits per heavy atom. The molecule has 5 heteroatoms. The number of imidazole rings is 1. The van der Waals surface area contributed by atoms with Crippen molar-refractivity contribution in [3.8, 4) is 5.75 Å². The smallest absolute Gasteiger partial charge is 0.130 e. The molecule has 0 fully saturated rings. The molecule has 0 saturated heterocycles. The van der Waals surface area contributed by atoms with Crippen molar-refractivity contribution in [1.82, 2.24) is 14.9 Å². The number of nitrogens with zero attached hydrogens (tertiary/aromatic N) is 2. The Morgan fingerprint density at radius 2 is 2.00 bits per heavy atom. The van der Waals surface area contributed by atoms with Gasteiger partial charge in [0.2, 0.25) is 0 Å². The molecule has 0 radical (unpaired) electrons. The summed E-state index contributed by atoms with van der Waals surface area (Å²) in [4.78, 5) is 4.49. The van der Waals surface area contributed by atoms with Gasteiger partial charge in [-0.15, -0.1) is 0 Å². The lowest BCUT2D eigenvalue weighted by atomic mass is 10.1. The fraction of sp³-hybridized carbons (Fsp3) is 0.278. The lowest BCUT2D eigenvalue weighted by molar-refractivity contribution is 0.414. The van der Waals surface area contributed by atoms with Gasteiger partial charge in [-0.1, -0.05) is 12.1 Å². The summed E-state index contributed by atoms with van der Waals surface area (Å²) in [7, 11) is 3.67. The summed E-state index contributed by atoms with van der Waals surface area (Å²) >= 11 is 0. The van der Waals surface area contributed by atoms with Crippen LogP contribution in [0.25, 0.3) is 0 Å². The Hall–Kier alpha value is -2.53. The highest BCUT2D eigenvalue weighted by atomic mass is 16.5. The Morgan fingerprint density at radius 1 is 1.22 bits per heavy atom. The van der Waals surface area contributed by atoms with Gasteiger partial charge in [-0.3, -0.25) is 5.32 Å². The van der Waals surface area contributed by atoms with E-state index in [1.807, 2.05) is 55.2 Å². The van der Waals surface area contributed by atoms with E-state index in [-0.39, 0.29) is 6.04 Å². The first-order chi connectivity index (χ1) is 11.2. The summed E-state index contributed by atoms with van der Waals surface area (Å²) in [5.74, 6) is 3.63. The number of rotatable bonds is 6. The summed E-state index contributed by atoms with van der Waals surface area (Å²) in [5, 5.41) is 3.53. The van der Waals surface area contributed by atoms with Crippen LogP contribution >= 0.6 is 0 Å². The molecule has 0 aliphatic heterocycles. The maximum Gasteiger partial charge on any atom is 0.130 e. The fourth-order valence-electron chi connectivity index (χ4n) is 2.59. The maximum atomic E-state index is 5.64. The van der Waals surface area contributed by atoms with Crippen LogP contribution in [0.2, 0.25) is 0 Å². The second-order valence-corrected chi connectivity index (χ2v) is 5.50. The van der Waals surface area contributed by atoms with Crippen molar-refractivity contribution in [2.45, 2.75) is 19.5 Å². The van der Waals surface area contributed by atoms with E-state index in [1.165, 1.54) is 0 Å². The first-order valence-corrected chi connectivity index (χ1v) is 7.57. The van der Waals surface area contributed by atoms with Gasteiger partial charge < -0.3 is 13.7 Å². The molecule has 120 valence electrons. The van der Waals surface area contributed by atoms with E-state index < -0.39 is 0 Å². The third kappa shape index (κ3) is 3.46. The second-order valence-electron chi connectivity index (χ2n) is 5.50. The van der Waals surface area contributed by atoms with E-state index in [2.05, 4.69) is 22.4 Å². The molecule has 1 N–H and O–H groups in total. The average Bonchev–Trinajstić information content (AvgIpc) is 3.17. The minimum Gasteiger partial charge on any atom is -0.497 e. The van der Waals surface area contributed by atoms with Gasteiger partial charge in [0.05, 0.1) is 19.7 Å². The van der Waals surface area contributed by atoms with E-state index in [0.717, 1.165) is 28.7 Å². The predicted octanol–water partition coefficient (Wildman–Crippen LogP) is 3.21. The van der Waals surface area contributed by atoms with E-state index in [9.17, 15) is 0 Å². The zero-order valence-electron chi connectivity index (χ0n) is 13.6. The Kier molecular flexibility index (Phi) is 4.48. The molecular formula is C18H21N3O2. The number of nitrogens with one attached hydrogen (secondary N) is 1. The molecule has 1 unspecified atom stereocenters. The van der Waals surface area contributed by atoms with E-state index in [1.54, 1.807) is 7.11 Å². The fourth-order valence-corrected chi connectivity index (χ4v) is 2.59. The number of methoxy groups -OCH3 is 1. The third-order valence-electron chi connectivity index (χ3n) is 3.84. The van der Waals surface area contributed by atoms with Crippen molar-refractivity contribution in [2.75, 3.05) is 7.11 Å². The van der Waals surface area contributed by atoms with Gasteiger partial charge in [0.15, 0.2) is 0 Å². The quantitative estimate of drug-likeness (QED) is 0.759. The molecule has 0 aliphatic rings. The number of furan rings is 1. The molecular weight excluding hydrogens is 290 g/mol. The van der Waals surface area contributed by atoms with Crippen LogP contribution in [0.4, 0.5) is 0 Å². The van der Waals surface area contributed by atoms with Gasteiger partial charge in [-0.05, 0) is 36.8 Å². The van der Waals surface area contributed by atoms with Crippen LogP contribution in [0.15, 0.2) is 53.2 Å². The van der Waals surface area contributed by atoms with Crippen LogP contribution in [-0.2, 0) is 13.6 Å². The maximum absolute atomic E-state index is 5.64. The minimum absolute atomic E-state index is 0.0219. The highest BCUT2D eigenvalue weighted by Gasteiger charge is 2.18. The topological polar surface area (TPSA) is 52.2 Å². The molecule has 2 aromatic heterocycles. The van der Waals surface area contributed by atoms with Gasteiger partial charge >= 0.3 is 0 Å². The van der Waals surface area contributed by atoms with Crippen molar-refractivity contribution in [1.29, 1.82) is 0 Å². The minimum atomic E-state index is -0.0219. The lowest BCUT2D eigenvalue weighted by Crippen LogP contribution is -2.24. The first-order valence-electron chi connectivity index (χ1n) is 7.57. The van der Waals surface area contributed by atoms with Crippen LogP contribution < -0.4 is 10.1 Å². The summed E-state index contributed by atoms with van der Waals surface area (Å²) in [6.07, 6.45) is 3.76. The van der Waals surface area contributed by atoms with Gasteiger partial charge in [0, 0.05) is 19.4 Å². The largest absolute Gasteiger partial charge is 0.497 e. The number of aromatic nitrogens is 2. The van der Waals surface area contributed by atoms with E-state index >= 15 is 0 Å². The first kappa shape index (κ1) is 15.4. The van der Waals surface area contributed by atoms with Crippen molar-refractivity contribution < 1.29 is 9.15 Å². The highest BCUT2D eigenvalue weighted by molar-refractivity contribution is 5.32. The molecule has 0 amide bonds. The van der Waals surface area contributed by atoms with Crippen LogP contribution in [0.3, 0.4) is 0 Å². The van der Waals surface area contributed by atoms with Gasteiger partial charge in [-0.2, -0.15) is 0 Å². The van der Waals surface area contributed by atoms with E-state index in [4.69, 9.17) is 9.15 Å². The molecule has 2 heterocycles. The summed E-state index contributed by atoms with van der Waals surface area (Å²) in [5.41, 5.74) is 1.13.